The lowest BCUT2D eigenvalue weighted by Gasteiger charge is -2.30. The number of ether oxygens (including phenoxy) is 1. The summed E-state index contributed by atoms with van der Waals surface area (Å²) in [6.07, 6.45) is 8.21. The Morgan fingerprint density at radius 1 is 1.41 bits per heavy atom. The van der Waals surface area contributed by atoms with Crippen LogP contribution in [0.5, 0.6) is 0 Å². The van der Waals surface area contributed by atoms with E-state index in [4.69, 9.17) is 14.6 Å². The first-order valence-corrected chi connectivity index (χ1v) is 9.18. The van der Waals surface area contributed by atoms with Crippen molar-refractivity contribution in [2.45, 2.75) is 46.1 Å². The predicted octanol–water partition coefficient (Wildman–Crippen LogP) is 4.65. The summed E-state index contributed by atoms with van der Waals surface area (Å²) in [6.45, 7) is 8.68. The summed E-state index contributed by atoms with van der Waals surface area (Å²) < 4.78 is 5.21. The van der Waals surface area contributed by atoms with E-state index < -0.39 is 5.97 Å². The van der Waals surface area contributed by atoms with Crippen molar-refractivity contribution in [2.24, 2.45) is 0 Å². The minimum atomic E-state index is -0.833. The van der Waals surface area contributed by atoms with E-state index in [1.54, 1.807) is 7.11 Å². The Labute approximate surface area is 163 Å². The number of aliphatic carboxylic acids is 1. The van der Waals surface area contributed by atoms with Gasteiger partial charge in [-0.1, -0.05) is 37.0 Å². The van der Waals surface area contributed by atoms with E-state index in [0.29, 0.717) is 0 Å². The van der Waals surface area contributed by atoms with Gasteiger partial charge in [-0.2, -0.15) is 0 Å². The second-order valence-corrected chi connectivity index (χ2v) is 7.04. The van der Waals surface area contributed by atoms with Crippen molar-refractivity contribution in [2.75, 3.05) is 20.7 Å². The standard InChI is InChI=1S/C21H27NO.C2H4O2/c1-6-14-22(4)21(2,3)13-12-17-10-11-18-8-7-9-19(16-23-5)20(18)15-17;1-2(3)4/h7-8,10-11,15-16H,6,9,14H2,1-5H3;1H3,(H,3,4). The average Bonchev–Trinajstić information content (AvgIpc) is 2.60. The Hall–Kier alpha value is -2.51. The fourth-order valence-corrected chi connectivity index (χ4v) is 2.67. The van der Waals surface area contributed by atoms with Gasteiger partial charge in [0.15, 0.2) is 0 Å². The fraction of sp³-hybridized carbons (Fsp3) is 0.435. The van der Waals surface area contributed by atoms with Crippen molar-refractivity contribution in [3.05, 3.63) is 47.2 Å². The zero-order chi connectivity index (χ0) is 20.4. The number of fused-ring (bicyclic) bond motifs is 1. The van der Waals surface area contributed by atoms with Crippen LogP contribution < -0.4 is 0 Å². The van der Waals surface area contributed by atoms with Gasteiger partial charge in [0, 0.05) is 12.5 Å². The SMILES string of the molecule is CC(=O)O.CCCN(C)C(C)(C)C#Cc1ccc2c(c1)C(=COC)CC=C2. The molecule has 1 aromatic carbocycles. The second kappa shape index (κ2) is 10.6. The number of carboxylic acid groups (broad SMARTS) is 1. The van der Waals surface area contributed by atoms with Gasteiger partial charge >= 0.3 is 0 Å². The van der Waals surface area contributed by atoms with Gasteiger partial charge in [0.25, 0.3) is 5.97 Å². The molecule has 1 aromatic rings. The third kappa shape index (κ3) is 7.32. The smallest absolute Gasteiger partial charge is 0.300 e. The highest BCUT2D eigenvalue weighted by Gasteiger charge is 2.19. The summed E-state index contributed by atoms with van der Waals surface area (Å²) in [7, 11) is 3.83. The van der Waals surface area contributed by atoms with Crippen molar-refractivity contribution in [1.82, 2.24) is 4.90 Å². The first-order chi connectivity index (χ1) is 12.7. The van der Waals surface area contributed by atoms with Gasteiger partial charge in [-0.3, -0.25) is 9.69 Å². The zero-order valence-corrected chi connectivity index (χ0v) is 17.3. The van der Waals surface area contributed by atoms with E-state index in [1.165, 1.54) is 16.7 Å². The van der Waals surface area contributed by atoms with Crippen LogP contribution in [0.15, 0.2) is 30.5 Å². The zero-order valence-electron chi connectivity index (χ0n) is 17.3. The van der Waals surface area contributed by atoms with Gasteiger partial charge in [0.1, 0.15) is 0 Å². The van der Waals surface area contributed by atoms with E-state index in [0.717, 1.165) is 31.9 Å². The molecular formula is C23H31NO3. The Bertz CT molecular complexity index is 760. The van der Waals surface area contributed by atoms with Gasteiger partial charge < -0.3 is 9.84 Å². The number of hydrogen-bond acceptors (Lipinski definition) is 3. The van der Waals surface area contributed by atoms with E-state index >= 15 is 0 Å². The van der Waals surface area contributed by atoms with Crippen LogP contribution in [0, 0.1) is 11.8 Å². The highest BCUT2D eigenvalue weighted by molar-refractivity contribution is 5.79. The van der Waals surface area contributed by atoms with E-state index in [1.807, 2.05) is 6.26 Å². The van der Waals surface area contributed by atoms with Crippen LogP contribution in [0.1, 0.15) is 57.2 Å². The summed E-state index contributed by atoms with van der Waals surface area (Å²) in [5.41, 5.74) is 4.58. The Morgan fingerprint density at radius 3 is 2.67 bits per heavy atom. The summed E-state index contributed by atoms with van der Waals surface area (Å²) in [5.74, 6) is 5.94. The molecule has 0 atom stereocenters. The van der Waals surface area contributed by atoms with Crippen LogP contribution in [-0.2, 0) is 9.53 Å². The number of carbonyl (C=O) groups is 1. The molecule has 4 nitrogen and oxygen atoms in total. The number of benzene rings is 1. The number of allylic oxidation sites excluding steroid dienone is 2. The van der Waals surface area contributed by atoms with Crippen molar-refractivity contribution in [1.29, 1.82) is 0 Å². The second-order valence-electron chi connectivity index (χ2n) is 7.04. The minimum absolute atomic E-state index is 0.128. The maximum atomic E-state index is 9.00. The maximum Gasteiger partial charge on any atom is 0.300 e. The van der Waals surface area contributed by atoms with Crippen LogP contribution >= 0.6 is 0 Å². The lowest BCUT2D eigenvalue weighted by Crippen LogP contribution is -2.40. The molecule has 1 N–H and O–H groups in total. The van der Waals surface area contributed by atoms with Gasteiger partial charge in [-0.25, -0.2) is 0 Å². The monoisotopic (exact) mass is 369 g/mol. The highest BCUT2D eigenvalue weighted by atomic mass is 16.5. The van der Waals surface area contributed by atoms with Crippen LogP contribution in [0.4, 0.5) is 0 Å². The Kier molecular flexibility index (Phi) is 8.84. The van der Waals surface area contributed by atoms with E-state index in [2.05, 4.69) is 74.9 Å². The first kappa shape index (κ1) is 22.5. The Morgan fingerprint density at radius 2 is 2.07 bits per heavy atom. The lowest BCUT2D eigenvalue weighted by atomic mass is 9.91. The molecule has 0 saturated carbocycles. The van der Waals surface area contributed by atoms with E-state index in [9.17, 15) is 0 Å². The Balaban J connectivity index is 0.000000828. The number of rotatable bonds is 4. The molecule has 2 rings (SSSR count). The summed E-state index contributed by atoms with van der Waals surface area (Å²) >= 11 is 0. The highest BCUT2D eigenvalue weighted by Crippen LogP contribution is 2.29. The van der Waals surface area contributed by atoms with Gasteiger partial charge in [-0.05, 0) is 69.1 Å². The van der Waals surface area contributed by atoms with Crippen molar-refractivity contribution in [3.8, 4) is 11.8 Å². The molecule has 0 aromatic heterocycles. The summed E-state index contributed by atoms with van der Waals surface area (Å²) in [5, 5.41) is 7.42. The third-order valence-corrected chi connectivity index (χ3v) is 4.32. The summed E-state index contributed by atoms with van der Waals surface area (Å²) in [4.78, 5) is 11.3. The molecule has 1 aliphatic carbocycles. The first-order valence-electron chi connectivity index (χ1n) is 9.18. The molecule has 0 fully saturated rings. The molecule has 0 unspecified atom stereocenters. The van der Waals surface area contributed by atoms with Crippen molar-refractivity contribution in [3.63, 3.8) is 0 Å². The predicted molar refractivity (Wildman–Crippen MR) is 112 cm³/mol. The maximum absolute atomic E-state index is 9.00. The molecule has 0 saturated heterocycles. The lowest BCUT2D eigenvalue weighted by molar-refractivity contribution is -0.134. The fourth-order valence-electron chi connectivity index (χ4n) is 2.67. The third-order valence-electron chi connectivity index (χ3n) is 4.32. The number of hydrogen-bond donors (Lipinski definition) is 1. The molecular weight excluding hydrogens is 338 g/mol. The molecule has 27 heavy (non-hydrogen) atoms. The molecule has 4 heteroatoms. The number of nitrogens with zero attached hydrogens (tertiary/aromatic N) is 1. The van der Waals surface area contributed by atoms with Crippen LogP contribution in [-0.4, -0.2) is 42.2 Å². The van der Waals surface area contributed by atoms with Crippen LogP contribution in [0.3, 0.4) is 0 Å². The van der Waals surface area contributed by atoms with Gasteiger partial charge in [0.2, 0.25) is 0 Å². The minimum Gasteiger partial charge on any atom is -0.504 e. The van der Waals surface area contributed by atoms with Gasteiger partial charge in [-0.15, -0.1) is 0 Å². The molecule has 0 spiro atoms. The number of methoxy groups -OCH3 is 1. The van der Waals surface area contributed by atoms with Gasteiger partial charge in [0.05, 0.1) is 18.9 Å². The average molecular weight is 370 g/mol. The molecule has 0 amide bonds. The molecule has 1 aliphatic rings. The molecule has 0 radical (unpaired) electrons. The molecule has 0 bridgehead atoms. The van der Waals surface area contributed by atoms with E-state index in [-0.39, 0.29) is 5.54 Å². The molecule has 0 heterocycles. The number of carboxylic acids is 1. The summed E-state index contributed by atoms with van der Waals surface area (Å²) in [6, 6.07) is 6.41. The van der Waals surface area contributed by atoms with Crippen molar-refractivity contribution >= 4 is 17.6 Å². The topological polar surface area (TPSA) is 49.8 Å². The quantitative estimate of drug-likeness (QED) is 0.620. The normalized spacial score (nSPS) is 14.0. The largest absolute Gasteiger partial charge is 0.504 e. The molecule has 146 valence electrons. The molecule has 0 aliphatic heterocycles. The van der Waals surface area contributed by atoms with Crippen LogP contribution in [0.25, 0.3) is 11.6 Å². The van der Waals surface area contributed by atoms with Crippen LogP contribution in [0.2, 0.25) is 0 Å². The van der Waals surface area contributed by atoms with Crippen molar-refractivity contribution < 1.29 is 14.6 Å².